The SMILES string of the molecule is CCSc1ccc(Cl)cc1-c1csc2nc(C(=O)O)cn12. The van der Waals surface area contributed by atoms with Crippen molar-refractivity contribution < 1.29 is 9.90 Å². The van der Waals surface area contributed by atoms with E-state index in [9.17, 15) is 4.79 Å². The molecule has 4 nitrogen and oxygen atoms in total. The normalized spacial score (nSPS) is 11.1. The molecule has 108 valence electrons. The average molecular weight is 339 g/mol. The van der Waals surface area contributed by atoms with Gasteiger partial charge in [0.05, 0.1) is 5.69 Å². The Bertz CT molecular complexity index is 826. The molecule has 3 rings (SSSR count). The van der Waals surface area contributed by atoms with Crippen LogP contribution >= 0.6 is 34.7 Å². The maximum absolute atomic E-state index is 11.0. The van der Waals surface area contributed by atoms with E-state index in [1.807, 2.05) is 23.6 Å². The zero-order chi connectivity index (χ0) is 15.0. The van der Waals surface area contributed by atoms with Gasteiger partial charge < -0.3 is 5.11 Å². The minimum absolute atomic E-state index is 0.0508. The third-order valence-corrected chi connectivity index (χ3v) is 4.98. The van der Waals surface area contributed by atoms with Gasteiger partial charge in [-0.15, -0.1) is 23.1 Å². The lowest BCUT2D eigenvalue weighted by atomic mass is 10.2. The standard InChI is InChI=1S/C14H11ClN2O2S2/c1-2-20-12-4-3-8(15)5-9(12)11-7-21-14-16-10(13(18)19)6-17(11)14/h3-7H,2H2,1H3,(H,18,19). The molecule has 0 aliphatic rings. The van der Waals surface area contributed by atoms with Crippen LogP contribution in [-0.4, -0.2) is 26.2 Å². The summed E-state index contributed by atoms with van der Waals surface area (Å²) in [6.07, 6.45) is 1.55. The number of aromatic carboxylic acids is 1. The Balaban J connectivity index is 2.19. The molecule has 2 heterocycles. The largest absolute Gasteiger partial charge is 0.476 e. The van der Waals surface area contributed by atoms with Gasteiger partial charge in [0.25, 0.3) is 0 Å². The van der Waals surface area contributed by atoms with Crippen LogP contribution in [0.15, 0.2) is 34.7 Å². The number of halogens is 1. The van der Waals surface area contributed by atoms with Gasteiger partial charge in [0.1, 0.15) is 0 Å². The first-order valence-corrected chi connectivity index (χ1v) is 8.47. The summed E-state index contributed by atoms with van der Waals surface area (Å²) in [7, 11) is 0. The second kappa shape index (κ2) is 5.71. The lowest BCUT2D eigenvalue weighted by molar-refractivity contribution is 0.0691. The molecular formula is C14H11ClN2O2S2. The van der Waals surface area contributed by atoms with E-state index >= 15 is 0 Å². The number of aromatic nitrogens is 2. The van der Waals surface area contributed by atoms with Gasteiger partial charge in [-0.25, -0.2) is 9.78 Å². The van der Waals surface area contributed by atoms with E-state index in [-0.39, 0.29) is 5.69 Å². The number of carboxylic acids is 1. The van der Waals surface area contributed by atoms with Crippen molar-refractivity contribution in [3.63, 3.8) is 0 Å². The molecule has 21 heavy (non-hydrogen) atoms. The van der Waals surface area contributed by atoms with E-state index in [2.05, 4.69) is 11.9 Å². The molecule has 0 spiro atoms. The van der Waals surface area contributed by atoms with Crippen LogP contribution in [0, 0.1) is 0 Å². The molecule has 0 radical (unpaired) electrons. The van der Waals surface area contributed by atoms with Crippen molar-refractivity contribution >= 4 is 45.6 Å². The number of fused-ring (bicyclic) bond motifs is 1. The van der Waals surface area contributed by atoms with Crippen LogP contribution in [0.1, 0.15) is 17.4 Å². The molecule has 0 aliphatic heterocycles. The molecule has 1 aromatic carbocycles. The Labute approximate surface area is 134 Å². The van der Waals surface area contributed by atoms with Gasteiger partial charge in [0, 0.05) is 27.1 Å². The summed E-state index contributed by atoms with van der Waals surface area (Å²) in [6, 6.07) is 5.76. The highest BCUT2D eigenvalue weighted by molar-refractivity contribution is 7.99. The lowest BCUT2D eigenvalue weighted by Crippen LogP contribution is -1.95. The predicted octanol–water partition coefficient (Wildman–Crippen LogP) is 4.53. The van der Waals surface area contributed by atoms with Crippen LogP contribution in [0.4, 0.5) is 0 Å². The molecule has 7 heteroatoms. The first kappa shape index (κ1) is 14.4. The fourth-order valence-electron chi connectivity index (χ4n) is 2.06. The number of thiazole rings is 1. The lowest BCUT2D eigenvalue weighted by Gasteiger charge is -2.08. The first-order valence-electron chi connectivity index (χ1n) is 6.22. The molecule has 0 amide bonds. The molecule has 0 fully saturated rings. The van der Waals surface area contributed by atoms with E-state index in [0.717, 1.165) is 21.9 Å². The van der Waals surface area contributed by atoms with Crippen molar-refractivity contribution in [3.8, 4) is 11.3 Å². The van der Waals surface area contributed by atoms with Crippen LogP contribution < -0.4 is 0 Å². The van der Waals surface area contributed by atoms with E-state index in [0.29, 0.717) is 9.98 Å². The van der Waals surface area contributed by atoms with Crippen molar-refractivity contribution in [2.75, 3.05) is 5.75 Å². The van der Waals surface area contributed by atoms with Gasteiger partial charge in [-0.1, -0.05) is 18.5 Å². The number of imidazole rings is 1. The summed E-state index contributed by atoms with van der Waals surface area (Å²) in [5.41, 5.74) is 1.96. The quantitative estimate of drug-likeness (QED) is 0.710. The number of carbonyl (C=O) groups is 1. The summed E-state index contributed by atoms with van der Waals surface area (Å²) in [6.45, 7) is 2.09. The van der Waals surface area contributed by atoms with Crippen molar-refractivity contribution in [1.82, 2.24) is 9.38 Å². The van der Waals surface area contributed by atoms with Crippen molar-refractivity contribution in [2.24, 2.45) is 0 Å². The van der Waals surface area contributed by atoms with E-state index in [4.69, 9.17) is 16.7 Å². The van der Waals surface area contributed by atoms with Crippen LogP contribution in [0.25, 0.3) is 16.2 Å². The molecule has 0 saturated heterocycles. The molecule has 0 saturated carbocycles. The topological polar surface area (TPSA) is 54.6 Å². The number of hydrogen-bond acceptors (Lipinski definition) is 4. The molecular weight excluding hydrogens is 328 g/mol. The minimum atomic E-state index is -1.02. The summed E-state index contributed by atoms with van der Waals surface area (Å²) in [5, 5.41) is 11.7. The van der Waals surface area contributed by atoms with Gasteiger partial charge >= 0.3 is 5.97 Å². The highest BCUT2D eigenvalue weighted by Gasteiger charge is 2.16. The first-order chi connectivity index (χ1) is 10.1. The molecule has 0 atom stereocenters. The molecule has 3 aromatic rings. The number of nitrogens with zero attached hydrogens (tertiary/aromatic N) is 2. The van der Waals surface area contributed by atoms with Crippen molar-refractivity contribution in [1.29, 1.82) is 0 Å². The predicted molar refractivity (Wildman–Crippen MR) is 86.9 cm³/mol. The fraction of sp³-hybridized carbons (Fsp3) is 0.143. The molecule has 2 aromatic heterocycles. The van der Waals surface area contributed by atoms with Crippen LogP contribution in [-0.2, 0) is 0 Å². The average Bonchev–Trinajstić information content (AvgIpc) is 3.01. The summed E-state index contributed by atoms with van der Waals surface area (Å²) in [4.78, 5) is 16.9. The number of rotatable bonds is 4. The zero-order valence-electron chi connectivity index (χ0n) is 11.0. The Morgan fingerprint density at radius 3 is 3.05 bits per heavy atom. The fourth-order valence-corrected chi connectivity index (χ4v) is 3.90. The Morgan fingerprint density at radius 2 is 2.33 bits per heavy atom. The maximum atomic E-state index is 11.0. The second-order valence-corrected chi connectivity index (χ2v) is 6.86. The van der Waals surface area contributed by atoms with Crippen LogP contribution in [0.5, 0.6) is 0 Å². The van der Waals surface area contributed by atoms with Gasteiger partial charge in [0.15, 0.2) is 10.7 Å². The Hall–Kier alpha value is -1.50. The third kappa shape index (κ3) is 2.66. The van der Waals surface area contributed by atoms with E-state index < -0.39 is 5.97 Å². The molecule has 0 unspecified atom stereocenters. The number of carboxylic acid groups (broad SMARTS) is 1. The summed E-state index contributed by atoms with van der Waals surface area (Å²) < 4.78 is 1.81. The third-order valence-electron chi connectivity index (χ3n) is 2.95. The number of hydrogen-bond donors (Lipinski definition) is 1. The Morgan fingerprint density at radius 1 is 1.52 bits per heavy atom. The van der Waals surface area contributed by atoms with Crippen LogP contribution in [0.2, 0.25) is 5.02 Å². The van der Waals surface area contributed by atoms with Crippen molar-refractivity contribution in [2.45, 2.75) is 11.8 Å². The van der Waals surface area contributed by atoms with Crippen molar-refractivity contribution in [3.05, 3.63) is 40.5 Å². The van der Waals surface area contributed by atoms with Gasteiger partial charge in [-0.05, 0) is 24.0 Å². The zero-order valence-corrected chi connectivity index (χ0v) is 13.4. The van der Waals surface area contributed by atoms with Crippen LogP contribution in [0.3, 0.4) is 0 Å². The van der Waals surface area contributed by atoms with Gasteiger partial charge in [0.2, 0.25) is 0 Å². The number of thioether (sulfide) groups is 1. The smallest absolute Gasteiger partial charge is 0.356 e. The maximum Gasteiger partial charge on any atom is 0.356 e. The molecule has 0 aliphatic carbocycles. The Kier molecular flexibility index (Phi) is 3.93. The second-order valence-electron chi connectivity index (χ2n) is 4.28. The number of benzene rings is 1. The van der Waals surface area contributed by atoms with Gasteiger partial charge in [-0.3, -0.25) is 4.40 Å². The van der Waals surface area contributed by atoms with Gasteiger partial charge in [-0.2, -0.15) is 0 Å². The summed E-state index contributed by atoms with van der Waals surface area (Å²) >= 11 is 9.26. The molecule has 1 N–H and O–H groups in total. The highest BCUT2D eigenvalue weighted by atomic mass is 35.5. The highest BCUT2D eigenvalue weighted by Crippen LogP contribution is 2.35. The monoisotopic (exact) mass is 338 g/mol. The minimum Gasteiger partial charge on any atom is -0.476 e. The van der Waals surface area contributed by atoms with E-state index in [1.54, 1.807) is 22.4 Å². The summed E-state index contributed by atoms with van der Waals surface area (Å²) in [5.74, 6) is -0.0715. The molecule has 0 bridgehead atoms. The van der Waals surface area contributed by atoms with E-state index in [1.165, 1.54) is 11.3 Å².